The van der Waals surface area contributed by atoms with Gasteiger partial charge in [0.1, 0.15) is 11.2 Å². The highest BCUT2D eigenvalue weighted by atomic mass is 16.5. The molecule has 0 unspecified atom stereocenters. The van der Waals surface area contributed by atoms with E-state index in [0.29, 0.717) is 29.8 Å². The third-order valence-electron chi connectivity index (χ3n) is 4.63. The van der Waals surface area contributed by atoms with Gasteiger partial charge in [-0.05, 0) is 25.0 Å². The van der Waals surface area contributed by atoms with Crippen LogP contribution in [0.2, 0.25) is 0 Å². The molecule has 4 rings (SSSR count). The van der Waals surface area contributed by atoms with E-state index in [2.05, 4.69) is 20.4 Å². The second kappa shape index (κ2) is 7.71. The molecule has 0 radical (unpaired) electrons. The molecule has 3 aromatic rings. The summed E-state index contributed by atoms with van der Waals surface area (Å²) >= 11 is 0. The molecule has 0 saturated carbocycles. The molecular weight excluding hydrogens is 346 g/mol. The van der Waals surface area contributed by atoms with E-state index in [0.717, 1.165) is 25.1 Å². The van der Waals surface area contributed by atoms with Gasteiger partial charge in [0.25, 0.3) is 5.56 Å². The summed E-state index contributed by atoms with van der Waals surface area (Å²) in [5, 5.41) is 7.58. The first-order valence-corrected chi connectivity index (χ1v) is 9.11. The zero-order valence-electron chi connectivity index (χ0n) is 14.9. The summed E-state index contributed by atoms with van der Waals surface area (Å²) in [6, 6.07) is 9.50. The van der Waals surface area contributed by atoms with Crippen LogP contribution >= 0.6 is 0 Å². The normalized spacial score (nSPS) is 16.7. The Morgan fingerprint density at radius 2 is 2.19 bits per heavy atom. The number of fused-ring (bicyclic) bond motifs is 1. The molecule has 1 atom stereocenters. The second-order valence-corrected chi connectivity index (χ2v) is 6.58. The molecule has 0 bridgehead atoms. The lowest BCUT2D eigenvalue weighted by Gasteiger charge is -2.10. The summed E-state index contributed by atoms with van der Waals surface area (Å²) in [5.74, 6) is 0.391. The molecule has 1 aliphatic heterocycles. The van der Waals surface area contributed by atoms with Crippen molar-refractivity contribution in [2.24, 2.45) is 0 Å². The Hall–Kier alpha value is -3.00. The second-order valence-electron chi connectivity index (χ2n) is 6.58. The number of nitrogens with zero attached hydrogens (tertiary/aromatic N) is 3. The predicted octanol–water partition coefficient (Wildman–Crippen LogP) is 1.34. The average molecular weight is 367 g/mol. The van der Waals surface area contributed by atoms with Crippen molar-refractivity contribution in [3.05, 3.63) is 52.7 Å². The smallest absolute Gasteiger partial charge is 0.262 e. The van der Waals surface area contributed by atoms with Gasteiger partial charge in [0.15, 0.2) is 5.65 Å². The van der Waals surface area contributed by atoms with Gasteiger partial charge in [-0.2, -0.15) is 5.10 Å². The number of carbonyl (C=O) groups is 1. The number of benzene rings is 1. The van der Waals surface area contributed by atoms with Crippen molar-refractivity contribution in [2.45, 2.75) is 31.8 Å². The number of H-pyrrole nitrogens is 1. The molecule has 27 heavy (non-hydrogen) atoms. The highest BCUT2D eigenvalue weighted by molar-refractivity contribution is 5.77. The van der Waals surface area contributed by atoms with Crippen molar-refractivity contribution in [3.8, 4) is 5.69 Å². The van der Waals surface area contributed by atoms with Gasteiger partial charge in [-0.3, -0.25) is 9.59 Å². The maximum atomic E-state index is 12.3. The van der Waals surface area contributed by atoms with E-state index in [1.54, 1.807) is 4.68 Å². The quantitative estimate of drug-likeness (QED) is 0.684. The Balaban J connectivity index is 1.47. The van der Waals surface area contributed by atoms with Crippen LogP contribution in [-0.2, 0) is 16.0 Å². The largest absolute Gasteiger partial charge is 0.376 e. The molecule has 1 amide bonds. The molecule has 1 aliphatic rings. The number of carbonyl (C=O) groups excluding carboxylic acids is 1. The van der Waals surface area contributed by atoms with Crippen LogP contribution in [0.5, 0.6) is 0 Å². The monoisotopic (exact) mass is 367 g/mol. The minimum atomic E-state index is -0.253. The van der Waals surface area contributed by atoms with Gasteiger partial charge < -0.3 is 15.0 Å². The molecule has 140 valence electrons. The Bertz CT molecular complexity index is 989. The first-order valence-electron chi connectivity index (χ1n) is 9.11. The fraction of sp³-hybridized carbons (Fsp3) is 0.368. The van der Waals surface area contributed by atoms with Crippen LogP contribution in [0.4, 0.5) is 0 Å². The van der Waals surface area contributed by atoms with Gasteiger partial charge in [-0.15, -0.1) is 0 Å². The van der Waals surface area contributed by atoms with E-state index in [1.165, 1.54) is 6.20 Å². The lowest BCUT2D eigenvalue weighted by Crippen LogP contribution is -2.32. The Kier molecular flexibility index (Phi) is 4.97. The number of hydrogen-bond acceptors (Lipinski definition) is 5. The van der Waals surface area contributed by atoms with Gasteiger partial charge in [0.05, 0.1) is 18.0 Å². The summed E-state index contributed by atoms with van der Waals surface area (Å²) in [4.78, 5) is 31.6. The predicted molar refractivity (Wildman–Crippen MR) is 99.8 cm³/mol. The maximum absolute atomic E-state index is 12.3. The number of nitrogens with one attached hydrogen (secondary N) is 2. The van der Waals surface area contributed by atoms with Crippen LogP contribution in [-0.4, -0.2) is 44.9 Å². The van der Waals surface area contributed by atoms with E-state index >= 15 is 0 Å². The van der Waals surface area contributed by atoms with Gasteiger partial charge >= 0.3 is 0 Å². The van der Waals surface area contributed by atoms with Crippen molar-refractivity contribution in [1.29, 1.82) is 0 Å². The maximum Gasteiger partial charge on any atom is 0.262 e. The summed E-state index contributed by atoms with van der Waals surface area (Å²) in [7, 11) is 0. The average Bonchev–Trinajstić information content (AvgIpc) is 3.35. The van der Waals surface area contributed by atoms with E-state index in [1.807, 2.05) is 30.3 Å². The minimum Gasteiger partial charge on any atom is -0.376 e. The fourth-order valence-corrected chi connectivity index (χ4v) is 3.19. The summed E-state index contributed by atoms with van der Waals surface area (Å²) < 4.78 is 7.12. The van der Waals surface area contributed by atoms with Crippen molar-refractivity contribution < 1.29 is 9.53 Å². The number of aromatic nitrogens is 4. The highest BCUT2D eigenvalue weighted by Crippen LogP contribution is 2.14. The SMILES string of the molecule is O=C(CCc1nc2c(cnn2-c2ccccc2)c(=O)[nH]1)NC[C@@H]1CCCO1. The van der Waals surface area contributed by atoms with Crippen LogP contribution in [0.15, 0.2) is 41.3 Å². The standard InChI is InChI=1S/C19H21N5O3/c25-17(20-11-14-7-4-10-27-14)9-8-16-22-18-15(19(26)23-16)12-21-24(18)13-5-2-1-3-6-13/h1-3,5-6,12,14H,4,7-11H2,(H,20,25)(H,22,23,26)/t14-/m0/s1. The van der Waals surface area contributed by atoms with Crippen LogP contribution in [0.1, 0.15) is 25.1 Å². The van der Waals surface area contributed by atoms with Gasteiger partial charge in [0, 0.05) is 26.0 Å². The molecule has 1 saturated heterocycles. The third kappa shape index (κ3) is 3.90. The minimum absolute atomic E-state index is 0.0789. The lowest BCUT2D eigenvalue weighted by molar-refractivity contribution is -0.121. The van der Waals surface area contributed by atoms with Crippen molar-refractivity contribution in [2.75, 3.05) is 13.2 Å². The molecule has 1 aromatic carbocycles. The van der Waals surface area contributed by atoms with Gasteiger partial charge in [0.2, 0.25) is 5.91 Å². The number of ether oxygens (including phenoxy) is 1. The molecule has 2 aromatic heterocycles. The van der Waals surface area contributed by atoms with E-state index in [9.17, 15) is 9.59 Å². The Labute approximate surface area is 155 Å². The fourth-order valence-electron chi connectivity index (χ4n) is 3.19. The molecule has 0 aliphatic carbocycles. The van der Waals surface area contributed by atoms with Crippen LogP contribution < -0.4 is 10.9 Å². The number of para-hydroxylation sites is 1. The summed E-state index contributed by atoms with van der Waals surface area (Å²) in [5.41, 5.74) is 1.06. The van der Waals surface area contributed by atoms with E-state index in [4.69, 9.17) is 4.74 Å². The molecule has 8 nitrogen and oxygen atoms in total. The van der Waals surface area contributed by atoms with Crippen LogP contribution in [0, 0.1) is 0 Å². The zero-order chi connectivity index (χ0) is 18.6. The van der Waals surface area contributed by atoms with Crippen molar-refractivity contribution in [1.82, 2.24) is 25.1 Å². The molecule has 2 N–H and O–H groups in total. The molecular formula is C19H21N5O3. The van der Waals surface area contributed by atoms with Crippen LogP contribution in [0.3, 0.4) is 0 Å². The number of hydrogen-bond donors (Lipinski definition) is 2. The number of amides is 1. The third-order valence-corrected chi connectivity index (χ3v) is 4.63. The number of aromatic amines is 1. The Morgan fingerprint density at radius 1 is 1.33 bits per heavy atom. The molecule has 0 spiro atoms. The first-order chi connectivity index (χ1) is 13.2. The number of aryl methyl sites for hydroxylation is 1. The summed E-state index contributed by atoms with van der Waals surface area (Å²) in [6.45, 7) is 1.30. The first kappa shape index (κ1) is 17.4. The lowest BCUT2D eigenvalue weighted by atomic mass is 10.2. The van der Waals surface area contributed by atoms with Gasteiger partial charge in [-0.25, -0.2) is 9.67 Å². The van der Waals surface area contributed by atoms with Crippen LogP contribution in [0.25, 0.3) is 16.7 Å². The van der Waals surface area contributed by atoms with Crippen molar-refractivity contribution in [3.63, 3.8) is 0 Å². The molecule has 3 heterocycles. The topological polar surface area (TPSA) is 102 Å². The van der Waals surface area contributed by atoms with Gasteiger partial charge in [-0.1, -0.05) is 18.2 Å². The van der Waals surface area contributed by atoms with E-state index < -0.39 is 0 Å². The molecule has 8 heteroatoms. The zero-order valence-corrected chi connectivity index (χ0v) is 14.9. The molecule has 1 fully saturated rings. The Morgan fingerprint density at radius 3 is 2.96 bits per heavy atom. The van der Waals surface area contributed by atoms with E-state index in [-0.39, 0.29) is 24.0 Å². The number of rotatable bonds is 6. The summed E-state index contributed by atoms with van der Waals surface area (Å²) in [6.07, 6.45) is 4.24. The highest BCUT2D eigenvalue weighted by Gasteiger charge is 2.16. The van der Waals surface area contributed by atoms with Crippen molar-refractivity contribution >= 4 is 16.9 Å².